The summed E-state index contributed by atoms with van der Waals surface area (Å²) in [6.45, 7) is 2.57. The van der Waals surface area contributed by atoms with Crippen molar-refractivity contribution in [2.45, 2.75) is 19.9 Å². The van der Waals surface area contributed by atoms with Crippen molar-refractivity contribution in [2.24, 2.45) is 16.5 Å². The Labute approximate surface area is 109 Å². The topological polar surface area (TPSA) is 90.7 Å². The van der Waals surface area contributed by atoms with Crippen molar-refractivity contribution in [1.29, 1.82) is 0 Å². The Morgan fingerprint density at radius 1 is 1.61 bits per heavy atom. The number of esters is 1. The van der Waals surface area contributed by atoms with E-state index in [9.17, 15) is 4.79 Å². The second kappa shape index (κ2) is 5.32. The van der Waals surface area contributed by atoms with Crippen LogP contribution in [0, 0.1) is 0 Å². The van der Waals surface area contributed by atoms with Crippen LogP contribution >= 0.6 is 11.3 Å². The van der Waals surface area contributed by atoms with Crippen LogP contribution in [0.4, 0.5) is 5.69 Å². The molecular formula is C12H15N3O2S. The first-order valence-electron chi connectivity index (χ1n) is 5.67. The summed E-state index contributed by atoms with van der Waals surface area (Å²) in [6.07, 6.45) is 2.11. The van der Waals surface area contributed by atoms with Gasteiger partial charge in [0.1, 0.15) is 5.84 Å². The predicted molar refractivity (Wildman–Crippen MR) is 72.7 cm³/mol. The van der Waals surface area contributed by atoms with E-state index in [0.29, 0.717) is 31.0 Å². The minimum atomic E-state index is -0.341. The molecule has 0 spiro atoms. The van der Waals surface area contributed by atoms with E-state index in [-0.39, 0.29) is 5.97 Å². The molecule has 0 atom stereocenters. The molecule has 2 heterocycles. The minimum absolute atomic E-state index is 0.318. The fourth-order valence-electron chi connectivity index (χ4n) is 1.69. The smallest absolute Gasteiger partial charge is 0.334 e. The van der Waals surface area contributed by atoms with Gasteiger partial charge in [-0.3, -0.25) is 0 Å². The van der Waals surface area contributed by atoms with E-state index < -0.39 is 0 Å². The molecular weight excluding hydrogens is 250 g/mol. The van der Waals surface area contributed by atoms with Gasteiger partial charge in [0.2, 0.25) is 0 Å². The van der Waals surface area contributed by atoms with Crippen molar-refractivity contribution >= 4 is 34.9 Å². The van der Waals surface area contributed by atoms with E-state index in [0.717, 1.165) is 15.4 Å². The average molecular weight is 265 g/mol. The number of fused-ring (bicyclic) bond motifs is 1. The molecule has 96 valence electrons. The van der Waals surface area contributed by atoms with Crippen LogP contribution in [-0.4, -0.2) is 18.4 Å². The molecule has 0 aromatic carbocycles. The molecule has 0 radical (unpaired) electrons. The third kappa shape index (κ3) is 2.60. The van der Waals surface area contributed by atoms with Crippen LogP contribution in [0.15, 0.2) is 16.6 Å². The molecule has 6 heteroatoms. The first-order chi connectivity index (χ1) is 8.63. The van der Waals surface area contributed by atoms with Gasteiger partial charge in [-0.15, -0.1) is 11.3 Å². The molecule has 0 saturated carbocycles. The Bertz CT molecular complexity index is 531. The normalized spacial score (nSPS) is 14.3. The van der Waals surface area contributed by atoms with Crippen molar-refractivity contribution < 1.29 is 9.53 Å². The SMILES string of the molecule is CCOC(=O)C1=Cc2sc(CN)cc2N=C(N)C1. The summed E-state index contributed by atoms with van der Waals surface area (Å²) in [6, 6.07) is 1.90. The van der Waals surface area contributed by atoms with Gasteiger partial charge >= 0.3 is 5.97 Å². The largest absolute Gasteiger partial charge is 0.463 e. The summed E-state index contributed by atoms with van der Waals surface area (Å²) in [5.41, 5.74) is 12.7. The molecule has 0 bridgehead atoms. The lowest BCUT2D eigenvalue weighted by molar-refractivity contribution is -0.138. The Balaban J connectivity index is 2.40. The van der Waals surface area contributed by atoms with Gasteiger partial charge in [0, 0.05) is 23.4 Å². The zero-order valence-corrected chi connectivity index (χ0v) is 10.9. The molecule has 1 aliphatic rings. The van der Waals surface area contributed by atoms with Gasteiger partial charge in [-0.1, -0.05) is 0 Å². The number of hydrogen-bond donors (Lipinski definition) is 2. The van der Waals surface area contributed by atoms with Crippen LogP contribution in [0.2, 0.25) is 0 Å². The van der Waals surface area contributed by atoms with Crippen LogP contribution in [0.5, 0.6) is 0 Å². The lowest BCUT2D eigenvalue weighted by atomic mass is 10.1. The van der Waals surface area contributed by atoms with E-state index in [1.807, 2.05) is 6.07 Å². The van der Waals surface area contributed by atoms with Gasteiger partial charge in [0.15, 0.2) is 0 Å². The quantitative estimate of drug-likeness (QED) is 0.811. The van der Waals surface area contributed by atoms with Gasteiger partial charge in [0.25, 0.3) is 0 Å². The van der Waals surface area contributed by atoms with Crippen molar-refractivity contribution in [3.05, 3.63) is 21.4 Å². The van der Waals surface area contributed by atoms with Gasteiger partial charge in [0.05, 0.1) is 17.2 Å². The number of hydrogen-bond acceptors (Lipinski definition) is 6. The summed E-state index contributed by atoms with van der Waals surface area (Å²) < 4.78 is 5.00. The monoisotopic (exact) mass is 265 g/mol. The molecule has 5 nitrogen and oxygen atoms in total. The van der Waals surface area contributed by atoms with Gasteiger partial charge < -0.3 is 16.2 Å². The number of rotatable bonds is 3. The predicted octanol–water partition coefficient (Wildman–Crippen LogP) is 1.55. The lowest BCUT2D eigenvalue weighted by Gasteiger charge is -2.04. The third-order valence-electron chi connectivity index (χ3n) is 2.47. The second-order valence-corrected chi connectivity index (χ2v) is 5.00. The molecule has 0 aliphatic carbocycles. The molecule has 4 N–H and O–H groups in total. The fraction of sp³-hybridized carbons (Fsp3) is 0.333. The minimum Gasteiger partial charge on any atom is -0.463 e. The standard InChI is InChI=1S/C12H15N3O2S/c1-2-17-12(16)7-3-10-9(15-11(14)4-7)5-8(6-13)18-10/h3,5H,2,4,6,13H2,1H3,(H2,14,15). The first kappa shape index (κ1) is 12.8. The highest BCUT2D eigenvalue weighted by molar-refractivity contribution is 7.13. The number of aliphatic imine (C=N–C) groups is 1. The molecule has 2 rings (SSSR count). The van der Waals surface area contributed by atoms with Crippen LogP contribution in [0.3, 0.4) is 0 Å². The third-order valence-corrected chi connectivity index (χ3v) is 3.56. The first-order valence-corrected chi connectivity index (χ1v) is 6.49. The van der Waals surface area contributed by atoms with Gasteiger partial charge in [-0.25, -0.2) is 9.79 Å². The molecule has 0 fully saturated rings. The maximum atomic E-state index is 11.8. The Morgan fingerprint density at radius 2 is 2.39 bits per heavy atom. The van der Waals surface area contributed by atoms with Crippen LogP contribution in [0.25, 0.3) is 6.08 Å². The summed E-state index contributed by atoms with van der Waals surface area (Å²) in [5.74, 6) is 0.0700. The zero-order chi connectivity index (χ0) is 13.1. The summed E-state index contributed by atoms with van der Waals surface area (Å²) in [4.78, 5) is 18.0. The summed E-state index contributed by atoms with van der Waals surface area (Å²) in [5, 5.41) is 0. The van der Waals surface area contributed by atoms with E-state index >= 15 is 0 Å². The van der Waals surface area contributed by atoms with E-state index in [1.165, 1.54) is 11.3 Å². The van der Waals surface area contributed by atoms with Crippen molar-refractivity contribution in [3.63, 3.8) is 0 Å². The van der Waals surface area contributed by atoms with Gasteiger partial charge in [-0.2, -0.15) is 0 Å². The summed E-state index contributed by atoms with van der Waals surface area (Å²) >= 11 is 1.52. The molecule has 1 aromatic heterocycles. The number of nitrogens with zero attached hydrogens (tertiary/aromatic N) is 1. The maximum absolute atomic E-state index is 11.8. The Hall–Kier alpha value is -1.66. The molecule has 0 unspecified atom stereocenters. The van der Waals surface area contributed by atoms with E-state index in [1.54, 1.807) is 13.0 Å². The molecule has 0 amide bonds. The number of carbonyl (C=O) groups excluding carboxylic acids is 1. The number of thiophene rings is 1. The van der Waals surface area contributed by atoms with E-state index in [4.69, 9.17) is 16.2 Å². The van der Waals surface area contributed by atoms with E-state index in [2.05, 4.69) is 4.99 Å². The van der Waals surface area contributed by atoms with Crippen LogP contribution in [0.1, 0.15) is 23.1 Å². The van der Waals surface area contributed by atoms with Crippen molar-refractivity contribution in [1.82, 2.24) is 0 Å². The number of amidine groups is 1. The highest BCUT2D eigenvalue weighted by atomic mass is 32.1. The van der Waals surface area contributed by atoms with Crippen LogP contribution < -0.4 is 11.5 Å². The Kier molecular flexibility index (Phi) is 3.78. The molecule has 18 heavy (non-hydrogen) atoms. The van der Waals surface area contributed by atoms with Gasteiger partial charge in [-0.05, 0) is 19.1 Å². The van der Waals surface area contributed by atoms with Crippen LogP contribution in [-0.2, 0) is 16.1 Å². The highest BCUT2D eigenvalue weighted by Crippen LogP contribution is 2.34. The molecule has 1 aromatic rings. The highest BCUT2D eigenvalue weighted by Gasteiger charge is 2.18. The number of carbonyl (C=O) groups is 1. The molecule has 1 aliphatic heterocycles. The number of nitrogens with two attached hydrogens (primary N) is 2. The van der Waals surface area contributed by atoms with Crippen molar-refractivity contribution in [2.75, 3.05) is 6.61 Å². The number of ether oxygens (including phenoxy) is 1. The fourth-order valence-corrected chi connectivity index (χ4v) is 2.64. The maximum Gasteiger partial charge on any atom is 0.334 e. The average Bonchev–Trinajstić information content (AvgIpc) is 2.64. The summed E-state index contributed by atoms with van der Waals surface area (Å²) in [7, 11) is 0. The molecule has 0 saturated heterocycles. The second-order valence-electron chi connectivity index (χ2n) is 3.84. The lowest BCUT2D eigenvalue weighted by Crippen LogP contribution is -2.16. The Morgan fingerprint density at radius 3 is 3.06 bits per heavy atom. The zero-order valence-electron chi connectivity index (χ0n) is 10.1. The van der Waals surface area contributed by atoms with Crippen molar-refractivity contribution in [3.8, 4) is 0 Å².